The second kappa shape index (κ2) is 9.38. The third-order valence-electron chi connectivity index (χ3n) is 7.21. The molecule has 1 saturated carbocycles. The average molecular weight is 410 g/mol. The summed E-state index contributed by atoms with van der Waals surface area (Å²) < 4.78 is 6.47. The van der Waals surface area contributed by atoms with Crippen LogP contribution in [0.4, 0.5) is 0 Å². The van der Waals surface area contributed by atoms with E-state index in [0.29, 0.717) is 19.2 Å². The maximum absolute atomic E-state index is 11.1. The topological polar surface area (TPSA) is 49.8 Å². The first-order valence-electron chi connectivity index (χ1n) is 11.7. The fraction of sp³-hybridized carbons (Fsp3) is 0.577. The summed E-state index contributed by atoms with van der Waals surface area (Å²) in [6.07, 6.45) is 9.29. The molecular weight excluding hydrogens is 374 g/mol. The van der Waals surface area contributed by atoms with Gasteiger partial charge in [-0.2, -0.15) is 0 Å². The van der Waals surface area contributed by atoms with E-state index >= 15 is 0 Å². The van der Waals surface area contributed by atoms with Gasteiger partial charge in [-0.05, 0) is 61.6 Å². The number of nitrogens with zero attached hydrogens (tertiary/aromatic N) is 1. The normalized spacial score (nSPS) is 23.8. The molecular formula is C26H35NO3. The van der Waals surface area contributed by atoms with Gasteiger partial charge in [0.25, 0.3) is 0 Å². The van der Waals surface area contributed by atoms with E-state index in [0.717, 1.165) is 11.7 Å². The molecule has 2 aromatic rings. The lowest BCUT2D eigenvalue weighted by atomic mass is 9.84. The van der Waals surface area contributed by atoms with Crippen molar-refractivity contribution in [1.29, 1.82) is 0 Å². The van der Waals surface area contributed by atoms with Gasteiger partial charge < -0.3 is 9.84 Å². The molecule has 2 aliphatic rings. The van der Waals surface area contributed by atoms with Crippen molar-refractivity contribution in [2.45, 2.75) is 70.9 Å². The van der Waals surface area contributed by atoms with Crippen molar-refractivity contribution in [3.8, 4) is 5.75 Å². The van der Waals surface area contributed by atoms with Crippen LogP contribution in [-0.4, -0.2) is 35.2 Å². The van der Waals surface area contributed by atoms with Gasteiger partial charge in [-0.25, -0.2) is 0 Å². The van der Waals surface area contributed by atoms with E-state index in [4.69, 9.17) is 9.84 Å². The highest BCUT2D eigenvalue weighted by Gasteiger charge is 2.35. The number of unbranched alkanes of at least 4 members (excludes halogenated alkanes) is 1. The zero-order valence-electron chi connectivity index (χ0n) is 18.3. The molecule has 1 atom stereocenters. The number of fused-ring (bicyclic) bond motifs is 1. The first-order chi connectivity index (χ1) is 14.5. The number of hydrogen-bond donors (Lipinski definition) is 1. The van der Waals surface area contributed by atoms with Crippen LogP contribution >= 0.6 is 0 Å². The molecule has 1 heterocycles. The smallest absolute Gasteiger partial charge is 0.309 e. The number of ether oxygens (including phenoxy) is 1. The summed E-state index contributed by atoms with van der Waals surface area (Å²) in [5.74, 6) is 0.991. The highest BCUT2D eigenvalue weighted by molar-refractivity contribution is 5.89. The zero-order chi connectivity index (χ0) is 21.1. The zero-order valence-corrected chi connectivity index (χ0v) is 18.3. The highest BCUT2D eigenvalue weighted by Crippen LogP contribution is 2.35. The molecule has 2 fully saturated rings. The molecule has 0 amide bonds. The predicted octanol–water partition coefficient (Wildman–Crippen LogP) is 6.05. The molecule has 4 rings (SSSR count). The Morgan fingerprint density at radius 3 is 2.63 bits per heavy atom. The van der Waals surface area contributed by atoms with Gasteiger partial charge in [0.05, 0.1) is 12.0 Å². The van der Waals surface area contributed by atoms with Crippen LogP contribution in [0.25, 0.3) is 10.8 Å². The van der Waals surface area contributed by atoms with Crippen LogP contribution in [0.1, 0.15) is 70.4 Å². The summed E-state index contributed by atoms with van der Waals surface area (Å²) in [5.41, 5.74) is 1.24. The second-order valence-electron chi connectivity index (χ2n) is 9.30. The molecule has 162 valence electrons. The van der Waals surface area contributed by atoms with E-state index in [1.54, 1.807) is 0 Å². The van der Waals surface area contributed by atoms with Gasteiger partial charge in [0, 0.05) is 24.5 Å². The van der Waals surface area contributed by atoms with Crippen LogP contribution in [0.2, 0.25) is 0 Å². The van der Waals surface area contributed by atoms with Crippen molar-refractivity contribution in [3.63, 3.8) is 0 Å². The van der Waals surface area contributed by atoms with Crippen LogP contribution in [0.3, 0.4) is 0 Å². The van der Waals surface area contributed by atoms with Gasteiger partial charge in [0.2, 0.25) is 0 Å². The summed E-state index contributed by atoms with van der Waals surface area (Å²) in [4.78, 5) is 13.3. The Balaban J connectivity index is 1.40. The fourth-order valence-corrected chi connectivity index (χ4v) is 5.04. The minimum Gasteiger partial charge on any atom is -0.490 e. The number of rotatable bonds is 8. The number of benzene rings is 2. The standard InChI is InChI=1S/C26H35NO3/c1-3-4-6-19-9-12-23(13-10-19)30-25-8-5-7-21-15-20(11-14-24(21)25)18(2)27-16-22(17-27)26(28)29/h5,7-8,11,14-15,18-19,22-23H,3-4,6,9-10,12-13,16-17H2,1-2H3,(H,28,29). The van der Waals surface area contributed by atoms with Gasteiger partial charge in [-0.15, -0.1) is 0 Å². The van der Waals surface area contributed by atoms with Gasteiger partial charge in [-0.1, -0.05) is 50.5 Å². The van der Waals surface area contributed by atoms with Crippen molar-refractivity contribution >= 4 is 16.7 Å². The summed E-state index contributed by atoms with van der Waals surface area (Å²) in [6.45, 7) is 5.71. The lowest BCUT2D eigenvalue weighted by Crippen LogP contribution is -2.51. The Kier molecular flexibility index (Phi) is 6.62. The average Bonchev–Trinajstić information content (AvgIpc) is 2.71. The molecule has 4 nitrogen and oxygen atoms in total. The minimum atomic E-state index is -0.682. The third kappa shape index (κ3) is 4.64. The quantitative estimate of drug-likeness (QED) is 0.577. The first kappa shape index (κ1) is 21.2. The van der Waals surface area contributed by atoms with Gasteiger partial charge in [0.1, 0.15) is 5.75 Å². The Morgan fingerprint density at radius 2 is 1.93 bits per heavy atom. The van der Waals surface area contributed by atoms with E-state index in [2.05, 4.69) is 55.1 Å². The molecule has 0 radical (unpaired) electrons. The number of carbonyl (C=O) groups is 1. The van der Waals surface area contributed by atoms with Crippen molar-refractivity contribution in [2.75, 3.05) is 13.1 Å². The van der Waals surface area contributed by atoms with Crippen LogP contribution in [-0.2, 0) is 4.79 Å². The largest absolute Gasteiger partial charge is 0.490 e. The summed E-state index contributed by atoms with van der Waals surface area (Å²) in [7, 11) is 0. The highest BCUT2D eigenvalue weighted by atomic mass is 16.5. The summed E-state index contributed by atoms with van der Waals surface area (Å²) in [6, 6.07) is 13.2. The monoisotopic (exact) mass is 409 g/mol. The van der Waals surface area contributed by atoms with Crippen LogP contribution in [0, 0.1) is 11.8 Å². The van der Waals surface area contributed by atoms with E-state index < -0.39 is 5.97 Å². The molecule has 30 heavy (non-hydrogen) atoms. The van der Waals surface area contributed by atoms with Gasteiger partial charge in [-0.3, -0.25) is 9.69 Å². The van der Waals surface area contributed by atoms with Crippen molar-refractivity contribution in [1.82, 2.24) is 4.90 Å². The third-order valence-corrected chi connectivity index (χ3v) is 7.21. The SMILES string of the molecule is CCCCC1CCC(Oc2cccc3cc(C(C)N4CC(C(=O)O)C4)ccc23)CC1. The Morgan fingerprint density at radius 1 is 1.17 bits per heavy atom. The molecule has 1 aliphatic carbocycles. The Hall–Kier alpha value is -2.07. The van der Waals surface area contributed by atoms with E-state index in [-0.39, 0.29) is 12.0 Å². The molecule has 4 heteroatoms. The molecule has 2 aromatic carbocycles. The number of hydrogen-bond acceptors (Lipinski definition) is 3. The minimum absolute atomic E-state index is 0.218. The van der Waals surface area contributed by atoms with Crippen molar-refractivity contribution in [2.24, 2.45) is 11.8 Å². The summed E-state index contributed by atoms with van der Waals surface area (Å²) >= 11 is 0. The lowest BCUT2D eigenvalue weighted by molar-refractivity contribution is -0.148. The molecule has 1 aliphatic heterocycles. The molecule has 0 spiro atoms. The lowest BCUT2D eigenvalue weighted by Gasteiger charge is -2.41. The maximum Gasteiger partial charge on any atom is 0.309 e. The van der Waals surface area contributed by atoms with Crippen LogP contribution < -0.4 is 4.74 Å². The number of carboxylic acids is 1. The second-order valence-corrected chi connectivity index (χ2v) is 9.30. The number of carboxylic acid groups (broad SMARTS) is 1. The molecule has 1 N–H and O–H groups in total. The van der Waals surface area contributed by atoms with Crippen LogP contribution in [0.15, 0.2) is 36.4 Å². The van der Waals surface area contributed by atoms with E-state index in [9.17, 15) is 4.79 Å². The molecule has 1 saturated heterocycles. The maximum atomic E-state index is 11.1. The summed E-state index contributed by atoms with van der Waals surface area (Å²) in [5, 5.41) is 11.5. The number of likely N-dealkylation sites (tertiary alicyclic amines) is 1. The molecule has 1 unspecified atom stereocenters. The first-order valence-corrected chi connectivity index (χ1v) is 11.7. The number of aliphatic carboxylic acids is 1. The van der Waals surface area contributed by atoms with Crippen molar-refractivity contribution < 1.29 is 14.6 Å². The van der Waals surface area contributed by atoms with E-state index in [1.165, 1.54) is 61.3 Å². The van der Waals surface area contributed by atoms with Crippen LogP contribution in [0.5, 0.6) is 5.75 Å². The molecule has 0 aromatic heterocycles. The fourth-order valence-electron chi connectivity index (χ4n) is 5.04. The van der Waals surface area contributed by atoms with Gasteiger partial charge >= 0.3 is 5.97 Å². The van der Waals surface area contributed by atoms with E-state index in [1.807, 2.05) is 0 Å². The predicted molar refractivity (Wildman–Crippen MR) is 121 cm³/mol. The van der Waals surface area contributed by atoms with Crippen molar-refractivity contribution in [3.05, 3.63) is 42.0 Å². The Labute approximate surface area is 180 Å². The Bertz CT molecular complexity index is 866. The molecule has 0 bridgehead atoms. The van der Waals surface area contributed by atoms with Gasteiger partial charge in [0.15, 0.2) is 0 Å².